The van der Waals surface area contributed by atoms with E-state index in [-0.39, 0.29) is 72.1 Å². The van der Waals surface area contributed by atoms with E-state index in [4.69, 9.17) is 28.4 Å². The number of benzene rings is 6. The number of fused-ring (bicyclic) bond motifs is 2. The molecule has 6 aromatic carbocycles. The number of rotatable bonds is 0. The molecule has 0 radical (unpaired) electrons. The van der Waals surface area contributed by atoms with Crippen LogP contribution in [0, 0.1) is 190 Å². The second kappa shape index (κ2) is 26.3. The lowest BCUT2D eigenvalue weighted by Crippen LogP contribution is -2.56. The monoisotopic (exact) mass is 1350 g/mol. The molecular formula is C96H102O6. The van der Waals surface area contributed by atoms with Gasteiger partial charge < -0.3 is 28.4 Å². The van der Waals surface area contributed by atoms with E-state index in [9.17, 15) is 0 Å². The van der Waals surface area contributed by atoms with E-state index in [1.165, 1.54) is 216 Å². The Morgan fingerprint density at radius 1 is 0.216 bits per heavy atom. The van der Waals surface area contributed by atoms with Gasteiger partial charge in [0.2, 0.25) is 0 Å². The molecule has 0 amide bonds. The van der Waals surface area contributed by atoms with Gasteiger partial charge in [0.05, 0.1) is 0 Å². The fourth-order valence-corrected chi connectivity index (χ4v) is 24.9. The first kappa shape index (κ1) is 67.9. The van der Waals surface area contributed by atoms with Crippen LogP contribution in [0.2, 0.25) is 0 Å². The standard InChI is InChI=1S/C96H102O6/c1-61-31-79-32-62(2)85(61)97-25-19-13-14-20-26-98-87-65(5)35-81(36-66(87)6)93-50-75-44-76(51-93)53-94(52-75,59-93)82-37-67(7)89(68(8)38-82)101-29-23-17-18-24-30-102-90-71(11)41-84(42-72(90)12)96-56-77-45-78(57-96)55-95(54-77,60-96)83-39-69(9)88(70(10)40-83)100-28-22-16-15-21-27-99-86-63(3)33-80(34-64(86)4)92-48-73-43-74(49-92)47-91(79,46-73)58-92/h31-42,73-78H,25-30,43-60H2,1-12H3. The topological polar surface area (TPSA) is 55.4 Å². The maximum Gasteiger partial charge on any atom is 0.150 e. The molecule has 6 heteroatoms. The first-order valence-corrected chi connectivity index (χ1v) is 38.5. The molecule has 102 heavy (non-hydrogen) atoms. The molecule has 0 atom stereocenters. The Bertz CT molecular complexity index is 3890. The zero-order valence-electron chi connectivity index (χ0n) is 62.8. The fourth-order valence-electron chi connectivity index (χ4n) is 24.9. The van der Waals surface area contributed by atoms with E-state index >= 15 is 0 Å². The normalized spacial score (nSPS) is 30.7. The third-order valence-electron chi connectivity index (χ3n) is 27.1. The van der Waals surface area contributed by atoms with Gasteiger partial charge in [0, 0.05) is 0 Å². The Balaban J connectivity index is 0.643. The third kappa shape index (κ3) is 12.3. The van der Waals surface area contributed by atoms with Gasteiger partial charge in [-0.1, -0.05) is 72.8 Å². The van der Waals surface area contributed by atoms with Gasteiger partial charge in [-0.25, -0.2) is 0 Å². The highest BCUT2D eigenvalue weighted by atomic mass is 16.5. The van der Waals surface area contributed by atoms with Gasteiger partial charge in [-0.15, -0.1) is 0 Å². The molecule has 10 heterocycles. The molecule has 6 nitrogen and oxygen atoms in total. The zero-order valence-corrected chi connectivity index (χ0v) is 62.8. The van der Waals surface area contributed by atoms with Gasteiger partial charge in [0.1, 0.15) is 74.1 Å². The van der Waals surface area contributed by atoms with Crippen molar-refractivity contribution in [2.24, 2.45) is 35.5 Å². The summed E-state index contributed by atoms with van der Waals surface area (Å²) in [5, 5.41) is 0. The van der Waals surface area contributed by atoms with Crippen LogP contribution in [0.5, 0.6) is 34.5 Å². The Labute approximate surface area is 609 Å². The molecule has 28 rings (SSSR count). The van der Waals surface area contributed by atoms with Crippen LogP contribution in [0.3, 0.4) is 0 Å². The second-order valence-electron chi connectivity index (χ2n) is 34.7. The summed E-state index contributed by atoms with van der Waals surface area (Å²) in [7, 11) is 0. The van der Waals surface area contributed by atoms with Gasteiger partial charge >= 0.3 is 0 Å². The summed E-state index contributed by atoms with van der Waals surface area (Å²) in [6.07, 6.45) is 22.8. The predicted molar refractivity (Wildman–Crippen MR) is 409 cm³/mol. The van der Waals surface area contributed by atoms with Gasteiger partial charge in [-0.05, 0) is 438 Å². The highest BCUT2D eigenvalue weighted by molar-refractivity contribution is 5.55. The largest absolute Gasteiger partial charge is 0.480 e. The molecular weight excluding hydrogens is 1250 g/mol. The van der Waals surface area contributed by atoms with Crippen LogP contribution in [0.25, 0.3) is 0 Å². The summed E-state index contributed by atoms with van der Waals surface area (Å²) in [5.74, 6) is 47.4. The highest BCUT2D eigenvalue weighted by Gasteiger charge is 2.62. The van der Waals surface area contributed by atoms with Gasteiger partial charge in [0.25, 0.3) is 0 Å². The van der Waals surface area contributed by atoms with Crippen LogP contribution in [-0.2, 0) is 32.5 Å². The molecule has 12 fully saturated rings. The lowest BCUT2D eigenvalue weighted by molar-refractivity contribution is -0.0284. The lowest BCUT2D eigenvalue weighted by Gasteiger charge is -2.63. The van der Waals surface area contributed by atoms with Crippen molar-refractivity contribution < 1.29 is 28.4 Å². The summed E-state index contributed by atoms with van der Waals surface area (Å²) in [5.41, 5.74) is 24.0. The Kier molecular flexibility index (Phi) is 17.5. The van der Waals surface area contributed by atoms with Crippen molar-refractivity contribution >= 4 is 0 Å². The predicted octanol–water partition coefficient (Wildman–Crippen LogP) is 19.5. The number of aryl methyl sites for hydroxylation is 12. The molecule has 10 aliphatic heterocycles. The van der Waals surface area contributed by atoms with Crippen molar-refractivity contribution in [3.8, 4) is 106 Å². The van der Waals surface area contributed by atoms with E-state index in [0.717, 1.165) is 70.0 Å². The van der Waals surface area contributed by atoms with Gasteiger partial charge in [0.15, 0.2) is 0 Å². The molecule has 0 aromatic heterocycles. The van der Waals surface area contributed by atoms with Crippen molar-refractivity contribution in [1.82, 2.24) is 0 Å². The number of ether oxygens (including phenoxy) is 6. The van der Waals surface area contributed by atoms with E-state index in [0.29, 0.717) is 0 Å². The number of hydrogen-bond donors (Lipinski definition) is 0. The zero-order chi connectivity index (χ0) is 70.5. The highest BCUT2D eigenvalue weighted by Crippen LogP contribution is 2.70. The van der Waals surface area contributed by atoms with E-state index in [1.807, 2.05) is 0 Å². The van der Waals surface area contributed by atoms with Crippen LogP contribution in [0.4, 0.5) is 0 Å². The summed E-state index contributed by atoms with van der Waals surface area (Å²) in [6, 6.07) is 29.3. The van der Waals surface area contributed by atoms with Crippen molar-refractivity contribution in [2.75, 3.05) is 39.6 Å². The minimum atomic E-state index is 0.149. The van der Waals surface area contributed by atoms with E-state index < -0.39 is 0 Å². The van der Waals surface area contributed by atoms with Crippen LogP contribution < -0.4 is 28.4 Å². The molecule has 0 saturated heterocycles. The molecule has 6 aromatic rings. The fraction of sp³-hybridized carbons (Fsp3) is 0.500. The summed E-state index contributed by atoms with van der Waals surface area (Å²) >= 11 is 0. The first-order valence-electron chi connectivity index (χ1n) is 38.5. The lowest BCUT2D eigenvalue weighted by atomic mass is 9.41. The molecule has 6 spiro atoms. The number of hydrogen-bond acceptors (Lipinski definition) is 6. The quantitative estimate of drug-likeness (QED) is 0.141. The maximum absolute atomic E-state index is 6.45. The summed E-state index contributed by atoms with van der Waals surface area (Å²) in [4.78, 5) is 0. The minimum Gasteiger partial charge on any atom is -0.480 e. The van der Waals surface area contributed by atoms with E-state index in [1.54, 1.807) is 0 Å². The van der Waals surface area contributed by atoms with Crippen LogP contribution in [0.1, 0.15) is 216 Å². The molecule has 0 unspecified atom stereocenters. The SMILES string of the molecule is Cc1cc2cc(C)c1OCC#CC#CCOc1c(C)cc(cc1C)C13CC4CC(C1)CC(C4)(C3)c1cc(C)c(c(C)c1)OCC#CC#CCOc1c(C)cc(cc1C)C13CC4CC(CC(C4)(C1)c1cc(C)c(c(C)c1)OCC#CC#CCOc1c(C)cc(cc1C)C14CC5CC(CC2(C5)C1)C4)C3. The summed E-state index contributed by atoms with van der Waals surface area (Å²) < 4.78 is 38.7. The Morgan fingerprint density at radius 3 is 0.471 bits per heavy atom. The Hall–Kier alpha value is -8.52. The molecule has 522 valence electrons. The molecule has 24 bridgehead atoms. The van der Waals surface area contributed by atoms with Gasteiger partial charge in [-0.2, -0.15) is 0 Å². The average Bonchev–Trinajstić information content (AvgIpc) is 0.715. The van der Waals surface area contributed by atoms with Crippen molar-refractivity contribution in [3.05, 3.63) is 173 Å². The van der Waals surface area contributed by atoms with Crippen LogP contribution in [-0.4, -0.2) is 39.6 Å². The van der Waals surface area contributed by atoms with Crippen LogP contribution in [0.15, 0.2) is 72.8 Å². The van der Waals surface area contributed by atoms with Crippen molar-refractivity contribution in [1.29, 1.82) is 0 Å². The summed E-state index contributed by atoms with van der Waals surface area (Å²) in [6.45, 7) is 28.2. The molecule has 0 N–H and O–H groups in total. The maximum atomic E-state index is 6.45. The van der Waals surface area contributed by atoms with E-state index in [2.05, 4.69) is 227 Å². The minimum absolute atomic E-state index is 0.149. The first-order chi connectivity index (χ1) is 49.1. The van der Waals surface area contributed by atoms with Gasteiger partial charge in [-0.3, -0.25) is 0 Å². The van der Waals surface area contributed by atoms with Crippen LogP contribution >= 0.6 is 0 Å². The average molecular weight is 1350 g/mol. The third-order valence-corrected chi connectivity index (χ3v) is 27.1. The molecule has 12 saturated carbocycles. The Morgan fingerprint density at radius 2 is 0.343 bits per heavy atom. The van der Waals surface area contributed by atoms with Crippen molar-refractivity contribution in [2.45, 2.75) is 231 Å². The van der Waals surface area contributed by atoms with Crippen molar-refractivity contribution in [3.63, 3.8) is 0 Å². The molecule has 12 aliphatic carbocycles. The second-order valence-corrected chi connectivity index (χ2v) is 34.7. The smallest absolute Gasteiger partial charge is 0.150 e. The molecule has 22 aliphatic rings.